The van der Waals surface area contributed by atoms with Crippen molar-refractivity contribution < 1.29 is 78.9 Å². The summed E-state index contributed by atoms with van der Waals surface area (Å²) in [7, 11) is -14.8. The van der Waals surface area contributed by atoms with Crippen molar-refractivity contribution >= 4 is 27.2 Å². The van der Waals surface area contributed by atoms with Crippen molar-refractivity contribution in [2.45, 2.75) is 60.4 Å². The summed E-state index contributed by atoms with van der Waals surface area (Å²) in [6.45, 7) is 2.38. The van der Waals surface area contributed by atoms with Crippen LogP contribution in [-0.2, 0) is 54.1 Å². The zero-order valence-electron chi connectivity index (χ0n) is 30.6. The minimum atomic E-state index is -5.96. The fourth-order valence-corrected chi connectivity index (χ4v) is 9.66. The molecule has 322 valence electrons. The lowest BCUT2D eigenvalue weighted by Gasteiger charge is -2.29. The fourth-order valence-electron chi connectivity index (χ4n) is 6.17. The van der Waals surface area contributed by atoms with Crippen molar-refractivity contribution in [3.8, 4) is 0 Å². The molecule has 4 aromatic carbocycles. The highest BCUT2D eigenvalue weighted by atomic mass is 32.2. The number of benzene rings is 4. The van der Waals surface area contributed by atoms with E-state index in [1.807, 2.05) is 0 Å². The van der Waals surface area contributed by atoms with Crippen molar-refractivity contribution in [1.82, 2.24) is 8.43 Å². The standard InChI is InChI=1S/C37H29BF12N2O6S2/c1-3-5-16-57-31(4-2)58-38-51(59(53,54)29-19-25(34(39,40)41)17-26(20-29)35(42,43)44)32(23-12-8-6-9-13-23)33(24-14-10-7-11-15-24)52(38)60(55,56)30-21-27(36(45,46)47)18-28(22-30)37(48,49)50/h3-15,17-22,32-33H,16H2,1-2H3/b5-3+,31-4+/t32-,33-/m0/s1. The van der Waals surface area contributed by atoms with Crippen LogP contribution in [0.2, 0.25) is 0 Å². The second-order valence-electron chi connectivity index (χ2n) is 12.8. The summed E-state index contributed by atoms with van der Waals surface area (Å²) in [6.07, 6.45) is -18.5. The van der Waals surface area contributed by atoms with E-state index in [1.54, 1.807) is 6.92 Å². The molecule has 1 aliphatic heterocycles. The smallest absolute Gasteiger partial charge is 0.505 e. The molecular weight excluding hydrogens is 871 g/mol. The van der Waals surface area contributed by atoms with Gasteiger partial charge in [-0.1, -0.05) is 72.8 Å². The maximum atomic E-state index is 15.0. The number of ether oxygens (including phenoxy) is 1. The van der Waals surface area contributed by atoms with Gasteiger partial charge in [-0.15, -0.1) is 0 Å². The quantitative estimate of drug-likeness (QED) is 0.0644. The first-order valence-corrected chi connectivity index (χ1v) is 19.9. The van der Waals surface area contributed by atoms with Crippen molar-refractivity contribution in [3.05, 3.63) is 155 Å². The van der Waals surface area contributed by atoms with Crippen molar-refractivity contribution in [2.75, 3.05) is 6.61 Å². The lowest BCUT2D eigenvalue weighted by Crippen LogP contribution is -2.51. The highest BCUT2D eigenvalue weighted by molar-refractivity contribution is 7.92. The maximum absolute atomic E-state index is 15.0. The third-order valence-corrected chi connectivity index (χ3v) is 12.4. The molecule has 1 heterocycles. The number of alkyl halides is 12. The van der Waals surface area contributed by atoms with Crippen LogP contribution in [0.5, 0.6) is 0 Å². The van der Waals surface area contributed by atoms with Crippen LogP contribution in [0, 0.1) is 0 Å². The van der Waals surface area contributed by atoms with Gasteiger partial charge < -0.3 is 9.39 Å². The predicted molar refractivity (Wildman–Crippen MR) is 191 cm³/mol. The highest BCUT2D eigenvalue weighted by Gasteiger charge is 2.64. The van der Waals surface area contributed by atoms with E-state index in [4.69, 9.17) is 9.39 Å². The Morgan fingerprint density at radius 1 is 0.583 bits per heavy atom. The zero-order chi connectivity index (χ0) is 44.6. The molecule has 4 aromatic rings. The van der Waals surface area contributed by atoms with E-state index in [2.05, 4.69) is 0 Å². The Balaban J connectivity index is 1.96. The molecule has 0 bridgehead atoms. The monoisotopic (exact) mass is 900 g/mol. The molecule has 1 fully saturated rings. The molecule has 0 saturated carbocycles. The van der Waals surface area contributed by atoms with Crippen LogP contribution in [0.3, 0.4) is 0 Å². The third-order valence-electron chi connectivity index (χ3n) is 8.85. The molecule has 0 amide bonds. The summed E-state index contributed by atoms with van der Waals surface area (Å²) >= 11 is 0. The Kier molecular flexibility index (Phi) is 12.9. The minimum absolute atomic E-state index is 0.0774. The van der Waals surface area contributed by atoms with E-state index in [0.717, 1.165) is 6.08 Å². The van der Waals surface area contributed by atoms with E-state index >= 15 is 0 Å². The molecule has 8 nitrogen and oxygen atoms in total. The molecule has 0 spiro atoms. The molecule has 1 aliphatic rings. The van der Waals surface area contributed by atoms with Gasteiger partial charge in [-0.05, 0) is 67.4 Å². The number of sulfonamides is 2. The molecule has 2 atom stereocenters. The van der Waals surface area contributed by atoms with Crippen LogP contribution >= 0.6 is 0 Å². The lowest BCUT2D eigenvalue weighted by atomic mass is 9.95. The number of rotatable bonds is 11. The van der Waals surface area contributed by atoms with Crippen LogP contribution in [0.15, 0.2) is 131 Å². The van der Waals surface area contributed by atoms with Crippen LogP contribution in [-0.4, -0.2) is 39.1 Å². The normalized spacial score (nSPS) is 18.0. The Labute approximate surface area is 335 Å². The second kappa shape index (κ2) is 16.8. The molecule has 0 aromatic heterocycles. The van der Waals surface area contributed by atoms with Gasteiger partial charge in [-0.3, -0.25) is 0 Å². The van der Waals surface area contributed by atoms with Gasteiger partial charge >= 0.3 is 31.9 Å². The van der Waals surface area contributed by atoms with E-state index in [-0.39, 0.29) is 62.6 Å². The van der Waals surface area contributed by atoms with Gasteiger partial charge in [0.05, 0.1) is 44.1 Å². The highest BCUT2D eigenvalue weighted by Crippen LogP contribution is 2.52. The number of hydrogen-bond donors (Lipinski definition) is 0. The van der Waals surface area contributed by atoms with Gasteiger partial charge in [0.15, 0.2) is 0 Å². The van der Waals surface area contributed by atoms with E-state index < -0.39 is 102 Å². The van der Waals surface area contributed by atoms with Crippen LogP contribution in [0.4, 0.5) is 52.7 Å². The average molecular weight is 901 g/mol. The first-order chi connectivity index (χ1) is 27.7. The van der Waals surface area contributed by atoms with E-state index in [0.29, 0.717) is 0 Å². The molecule has 23 heteroatoms. The van der Waals surface area contributed by atoms with Gasteiger partial charge in [0, 0.05) is 0 Å². The van der Waals surface area contributed by atoms with Gasteiger partial charge in [0.1, 0.15) is 6.61 Å². The van der Waals surface area contributed by atoms with Crippen molar-refractivity contribution in [1.29, 1.82) is 0 Å². The number of allylic oxidation sites excluding steroid dienone is 2. The third kappa shape index (κ3) is 9.63. The Hall–Kier alpha value is -5.00. The SMILES string of the molecule is C/C=C(\OC/C=C/C)OB1N(S(=O)(=O)c2cc(C(F)(F)F)cc(C(F)(F)F)c2)[C@@H](c2ccccc2)[C@H](c2ccccc2)N1S(=O)(=O)c1cc(C(F)(F)F)cc(C(F)(F)F)c1. The van der Waals surface area contributed by atoms with Crippen LogP contribution in [0.1, 0.15) is 59.3 Å². The summed E-state index contributed by atoms with van der Waals surface area (Å²) in [5.41, 5.74) is -8.80. The van der Waals surface area contributed by atoms with Crippen molar-refractivity contribution in [2.24, 2.45) is 0 Å². The summed E-state index contributed by atoms with van der Waals surface area (Å²) in [5, 5.41) is 0. The molecule has 0 aliphatic carbocycles. The first-order valence-electron chi connectivity index (χ1n) is 17.1. The Morgan fingerprint density at radius 2 is 0.917 bits per heavy atom. The minimum Gasteiger partial charge on any atom is -0.505 e. The van der Waals surface area contributed by atoms with Gasteiger partial charge in [0.2, 0.25) is 20.0 Å². The summed E-state index contributed by atoms with van der Waals surface area (Å²) < 4.78 is 241. The lowest BCUT2D eigenvalue weighted by molar-refractivity contribution is -0.145. The molecule has 60 heavy (non-hydrogen) atoms. The predicted octanol–water partition coefficient (Wildman–Crippen LogP) is 10.4. The molecule has 1 saturated heterocycles. The van der Waals surface area contributed by atoms with E-state index in [9.17, 15) is 69.5 Å². The van der Waals surface area contributed by atoms with Gasteiger partial charge in [0.25, 0.3) is 5.95 Å². The van der Waals surface area contributed by atoms with E-state index in [1.165, 1.54) is 79.7 Å². The molecule has 5 rings (SSSR count). The van der Waals surface area contributed by atoms with Crippen LogP contribution < -0.4 is 0 Å². The zero-order valence-corrected chi connectivity index (χ0v) is 32.2. The number of nitrogens with zero attached hydrogens (tertiary/aromatic N) is 2. The molecular formula is C37H29BF12N2O6S2. The number of hydrogen-bond acceptors (Lipinski definition) is 6. The molecule has 0 radical (unpaired) electrons. The maximum Gasteiger partial charge on any atom is 0.580 e. The Morgan fingerprint density at radius 3 is 1.20 bits per heavy atom. The van der Waals surface area contributed by atoms with Gasteiger partial charge in [-0.25, -0.2) is 16.8 Å². The first kappa shape index (κ1) is 46.1. The van der Waals surface area contributed by atoms with Crippen molar-refractivity contribution in [3.63, 3.8) is 0 Å². The largest absolute Gasteiger partial charge is 0.580 e. The fraction of sp³-hybridized carbons (Fsp3) is 0.243. The summed E-state index contributed by atoms with van der Waals surface area (Å²) in [6, 6.07) is 7.19. The summed E-state index contributed by atoms with van der Waals surface area (Å²) in [4.78, 5) is -3.39. The Bertz CT molecular complexity index is 2240. The topological polar surface area (TPSA) is 93.2 Å². The summed E-state index contributed by atoms with van der Waals surface area (Å²) in [5.74, 6) is -0.737. The van der Waals surface area contributed by atoms with Crippen LogP contribution in [0.25, 0.3) is 0 Å². The second-order valence-corrected chi connectivity index (χ2v) is 16.5. The molecule has 0 N–H and O–H groups in total. The van der Waals surface area contributed by atoms with Gasteiger partial charge in [-0.2, -0.15) is 61.1 Å². The molecule has 0 unspecified atom stereocenters. The average Bonchev–Trinajstić information content (AvgIpc) is 3.53. The number of halogens is 12.